The van der Waals surface area contributed by atoms with Gasteiger partial charge in [-0.15, -0.1) is 4.91 Å². The van der Waals surface area contributed by atoms with E-state index < -0.39 is 11.2 Å². The Balaban J connectivity index is 2.47. The number of aryl methyl sites for hydroxylation is 1. The summed E-state index contributed by atoms with van der Waals surface area (Å²) in [6, 6.07) is 9.56. The van der Waals surface area contributed by atoms with Crippen molar-refractivity contribution in [1.82, 2.24) is 0 Å². The molecule has 1 rings (SSSR count). The number of carbonyl (C=O) groups is 1. The molecule has 0 saturated carbocycles. The fourth-order valence-electron chi connectivity index (χ4n) is 1.22. The lowest BCUT2D eigenvalue weighted by molar-refractivity contribution is -0.136. The summed E-state index contributed by atoms with van der Waals surface area (Å²) in [6.45, 7) is 0. The van der Waals surface area contributed by atoms with Crippen LogP contribution in [0.2, 0.25) is 0 Å². The molecule has 1 aromatic carbocycles. The Morgan fingerprint density at radius 2 is 2.07 bits per heavy atom. The second-order valence-electron chi connectivity index (χ2n) is 3.03. The van der Waals surface area contributed by atoms with Gasteiger partial charge < -0.3 is 5.11 Å². The van der Waals surface area contributed by atoms with Crippen molar-refractivity contribution >= 4 is 17.9 Å². The van der Waals surface area contributed by atoms with E-state index in [9.17, 15) is 9.70 Å². The van der Waals surface area contributed by atoms with Crippen LogP contribution < -0.4 is 0 Å². The summed E-state index contributed by atoms with van der Waals surface area (Å²) >= 11 is 0.574. The van der Waals surface area contributed by atoms with E-state index >= 15 is 0 Å². The number of nitroso groups, excluding NO2 is 1. The van der Waals surface area contributed by atoms with E-state index in [4.69, 9.17) is 5.11 Å². The molecule has 0 heterocycles. The van der Waals surface area contributed by atoms with Gasteiger partial charge in [0.2, 0.25) is 0 Å². The molecule has 0 aliphatic rings. The van der Waals surface area contributed by atoms with Crippen LogP contribution in [0.15, 0.2) is 34.9 Å². The molecule has 5 heteroatoms. The van der Waals surface area contributed by atoms with Gasteiger partial charge in [0.05, 0.1) is 0 Å². The highest BCUT2D eigenvalue weighted by Crippen LogP contribution is 2.18. The molecule has 0 spiro atoms. The molecule has 1 atom stereocenters. The molecule has 0 bridgehead atoms. The third kappa shape index (κ3) is 4.12. The average molecular weight is 225 g/mol. The highest BCUT2D eigenvalue weighted by molar-refractivity contribution is 7.99. The standard InChI is InChI=1S/C10H11NO3S/c12-10(13)9(15-11-14)7-6-8-4-2-1-3-5-8/h1-5,9H,6-7H2,(H,12,13). The molecular formula is C10H11NO3S. The van der Waals surface area contributed by atoms with Gasteiger partial charge in [-0.3, -0.25) is 4.79 Å². The Morgan fingerprint density at radius 3 is 2.60 bits per heavy atom. The van der Waals surface area contributed by atoms with Crippen LogP contribution in [-0.2, 0) is 11.2 Å². The summed E-state index contributed by atoms with van der Waals surface area (Å²) in [5.41, 5.74) is 1.07. The average Bonchev–Trinajstić information content (AvgIpc) is 2.25. The maximum absolute atomic E-state index is 10.7. The normalized spacial score (nSPS) is 12.0. The smallest absolute Gasteiger partial charge is 0.318 e. The molecule has 0 aliphatic heterocycles. The summed E-state index contributed by atoms with van der Waals surface area (Å²) in [7, 11) is 0. The van der Waals surface area contributed by atoms with Gasteiger partial charge in [0.15, 0.2) is 0 Å². The molecule has 0 aromatic heterocycles. The molecule has 0 amide bonds. The van der Waals surface area contributed by atoms with Crippen LogP contribution >= 0.6 is 11.9 Å². The van der Waals surface area contributed by atoms with E-state index in [0.29, 0.717) is 24.8 Å². The molecular weight excluding hydrogens is 214 g/mol. The molecule has 80 valence electrons. The summed E-state index contributed by atoms with van der Waals surface area (Å²) in [5, 5.41) is 8.02. The van der Waals surface area contributed by atoms with Gasteiger partial charge in [0.1, 0.15) is 5.25 Å². The van der Waals surface area contributed by atoms with Gasteiger partial charge in [-0.1, -0.05) is 30.3 Å². The Labute approximate surface area is 91.8 Å². The zero-order valence-electron chi connectivity index (χ0n) is 8.00. The molecule has 15 heavy (non-hydrogen) atoms. The Hall–Kier alpha value is -1.36. The second-order valence-corrected chi connectivity index (χ2v) is 3.96. The minimum atomic E-state index is -0.990. The maximum Gasteiger partial charge on any atom is 0.318 e. The van der Waals surface area contributed by atoms with E-state index in [1.165, 1.54) is 0 Å². The van der Waals surface area contributed by atoms with E-state index in [0.717, 1.165) is 5.56 Å². The van der Waals surface area contributed by atoms with Crippen molar-refractivity contribution in [2.24, 2.45) is 4.58 Å². The van der Waals surface area contributed by atoms with Crippen molar-refractivity contribution < 1.29 is 9.90 Å². The van der Waals surface area contributed by atoms with Crippen LogP contribution in [-0.4, -0.2) is 16.3 Å². The molecule has 1 unspecified atom stereocenters. The number of benzene rings is 1. The second kappa shape index (κ2) is 6.19. The van der Waals surface area contributed by atoms with Crippen LogP contribution in [0.1, 0.15) is 12.0 Å². The van der Waals surface area contributed by atoms with Gasteiger partial charge in [-0.2, -0.15) is 0 Å². The zero-order valence-corrected chi connectivity index (χ0v) is 8.81. The van der Waals surface area contributed by atoms with Crippen molar-refractivity contribution in [3.63, 3.8) is 0 Å². The minimum Gasteiger partial charge on any atom is -0.480 e. The van der Waals surface area contributed by atoms with Crippen LogP contribution in [0, 0.1) is 4.91 Å². The fraction of sp³-hybridized carbons (Fsp3) is 0.300. The quantitative estimate of drug-likeness (QED) is 0.596. The molecule has 0 aliphatic carbocycles. The van der Waals surface area contributed by atoms with Crippen molar-refractivity contribution in [1.29, 1.82) is 0 Å². The zero-order chi connectivity index (χ0) is 11.1. The summed E-state index contributed by atoms with van der Waals surface area (Å²) in [6.07, 6.45) is 1.05. The number of hydrogen-bond donors (Lipinski definition) is 1. The minimum absolute atomic E-state index is 0.412. The first-order chi connectivity index (χ1) is 7.24. The third-order valence-electron chi connectivity index (χ3n) is 1.98. The topological polar surface area (TPSA) is 66.7 Å². The molecule has 1 aromatic rings. The van der Waals surface area contributed by atoms with Crippen LogP contribution in [0.3, 0.4) is 0 Å². The predicted molar refractivity (Wildman–Crippen MR) is 59.6 cm³/mol. The first-order valence-electron chi connectivity index (χ1n) is 4.49. The van der Waals surface area contributed by atoms with E-state index in [1.807, 2.05) is 30.3 Å². The van der Waals surface area contributed by atoms with Crippen molar-refractivity contribution in [3.05, 3.63) is 40.8 Å². The SMILES string of the molecule is O=NSC(CCc1ccccc1)C(=O)O. The number of aliphatic carboxylic acids is 1. The third-order valence-corrected chi connectivity index (χ3v) is 2.76. The fourth-order valence-corrected chi connectivity index (χ4v) is 1.63. The highest BCUT2D eigenvalue weighted by atomic mass is 32.2. The van der Waals surface area contributed by atoms with E-state index in [-0.39, 0.29) is 0 Å². The predicted octanol–water partition coefficient (Wildman–Crippen LogP) is 2.49. The van der Waals surface area contributed by atoms with Gasteiger partial charge in [0, 0.05) is 16.5 Å². The first kappa shape index (κ1) is 11.7. The van der Waals surface area contributed by atoms with Gasteiger partial charge in [-0.05, 0) is 18.4 Å². The van der Waals surface area contributed by atoms with Gasteiger partial charge in [0.25, 0.3) is 0 Å². The van der Waals surface area contributed by atoms with Crippen molar-refractivity contribution in [3.8, 4) is 0 Å². The Morgan fingerprint density at radius 1 is 1.40 bits per heavy atom. The Kier molecular flexibility index (Phi) is 4.83. The van der Waals surface area contributed by atoms with E-state index in [1.54, 1.807) is 0 Å². The summed E-state index contributed by atoms with van der Waals surface area (Å²) in [5.74, 6) is -0.990. The monoisotopic (exact) mass is 225 g/mol. The van der Waals surface area contributed by atoms with Crippen molar-refractivity contribution in [2.75, 3.05) is 0 Å². The van der Waals surface area contributed by atoms with Gasteiger partial charge in [-0.25, -0.2) is 0 Å². The van der Waals surface area contributed by atoms with Crippen LogP contribution in [0.4, 0.5) is 0 Å². The number of nitrogens with zero attached hydrogens (tertiary/aromatic N) is 1. The number of rotatable bonds is 6. The Bertz CT molecular complexity index is 329. The molecule has 4 nitrogen and oxygen atoms in total. The van der Waals surface area contributed by atoms with Crippen LogP contribution in [0.5, 0.6) is 0 Å². The molecule has 1 N–H and O–H groups in total. The lowest BCUT2D eigenvalue weighted by Crippen LogP contribution is -2.16. The number of hydrogen-bond acceptors (Lipinski definition) is 4. The number of carboxylic acids is 1. The van der Waals surface area contributed by atoms with Crippen molar-refractivity contribution in [2.45, 2.75) is 18.1 Å². The van der Waals surface area contributed by atoms with Crippen LogP contribution in [0.25, 0.3) is 0 Å². The highest BCUT2D eigenvalue weighted by Gasteiger charge is 2.18. The summed E-state index contributed by atoms with van der Waals surface area (Å²) in [4.78, 5) is 20.7. The first-order valence-corrected chi connectivity index (χ1v) is 5.33. The lowest BCUT2D eigenvalue weighted by Gasteiger charge is -2.06. The summed E-state index contributed by atoms with van der Waals surface area (Å²) < 4.78 is 2.56. The molecule has 0 fully saturated rings. The molecule has 0 saturated heterocycles. The lowest BCUT2D eigenvalue weighted by atomic mass is 10.1. The van der Waals surface area contributed by atoms with E-state index in [2.05, 4.69) is 4.58 Å². The number of carboxylic acid groups (broad SMARTS) is 1. The maximum atomic E-state index is 10.7. The largest absolute Gasteiger partial charge is 0.480 e. The van der Waals surface area contributed by atoms with Gasteiger partial charge >= 0.3 is 5.97 Å². The molecule has 0 radical (unpaired) electrons.